The molecule has 0 fully saturated rings. The summed E-state index contributed by atoms with van der Waals surface area (Å²) in [6.45, 7) is 3.21. The van der Waals surface area contributed by atoms with Crippen LogP contribution in [-0.2, 0) is 16.0 Å². The zero-order chi connectivity index (χ0) is 15.3. The molecule has 1 rings (SSSR count). The van der Waals surface area contributed by atoms with Gasteiger partial charge in [-0.15, -0.1) is 0 Å². The van der Waals surface area contributed by atoms with Gasteiger partial charge in [-0.25, -0.2) is 4.79 Å². The maximum atomic E-state index is 12.0. The van der Waals surface area contributed by atoms with Crippen LogP contribution in [0.15, 0.2) is 22.7 Å². The lowest BCUT2D eigenvalue weighted by Crippen LogP contribution is -2.52. The van der Waals surface area contributed by atoms with Crippen LogP contribution >= 0.6 is 15.9 Å². The first kappa shape index (κ1) is 16.5. The van der Waals surface area contributed by atoms with E-state index in [2.05, 4.69) is 21.2 Å². The van der Waals surface area contributed by atoms with Crippen molar-refractivity contribution >= 4 is 27.8 Å². The van der Waals surface area contributed by atoms with Gasteiger partial charge in [0.2, 0.25) is 5.91 Å². The van der Waals surface area contributed by atoms with E-state index < -0.39 is 11.5 Å². The molecule has 2 N–H and O–H groups in total. The Morgan fingerprint density at radius 3 is 2.60 bits per heavy atom. The van der Waals surface area contributed by atoms with E-state index in [9.17, 15) is 9.59 Å². The van der Waals surface area contributed by atoms with E-state index >= 15 is 0 Å². The fraction of sp³-hybridized carbons (Fsp3) is 0.429. The average Bonchev–Trinajstić information content (AvgIpc) is 2.40. The topological polar surface area (TPSA) is 75.6 Å². The van der Waals surface area contributed by atoms with Crippen LogP contribution in [-0.4, -0.2) is 29.6 Å². The van der Waals surface area contributed by atoms with E-state index in [1.54, 1.807) is 32.2 Å². The van der Waals surface area contributed by atoms with Gasteiger partial charge >= 0.3 is 5.97 Å². The Morgan fingerprint density at radius 1 is 1.45 bits per heavy atom. The molecule has 110 valence electrons. The average molecular weight is 344 g/mol. The first-order chi connectivity index (χ1) is 9.32. The summed E-state index contributed by atoms with van der Waals surface area (Å²) < 4.78 is 5.88. The standard InChI is InChI=1S/C14H18BrNO4/c1-4-14(2,13(18)19)16-12(17)8-9-7-10(20-3)5-6-11(9)15/h5-7H,4,8H2,1-3H3,(H,16,17)(H,18,19). The van der Waals surface area contributed by atoms with E-state index in [4.69, 9.17) is 9.84 Å². The molecule has 1 aromatic rings. The number of aliphatic carboxylic acids is 1. The van der Waals surface area contributed by atoms with Gasteiger partial charge in [-0.1, -0.05) is 22.9 Å². The van der Waals surface area contributed by atoms with E-state index in [1.165, 1.54) is 6.92 Å². The summed E-state index contributed by atoms with van der Waals surface area (Å²) in [6, 6.07) is 5.31. The van der Waals surface area contributed by atoms with E-state index in [1.807, 2.05) is 0 Å². The summed E-state index contributed by atoms with van der Waals surface area (Å²) in [6.07, 6.45) is 0.397. The van der Waals surface area contributed by atoms with Crippen molar-refractivity contribution in [3.63, 3.8) is 0 Å². The second-order valence-corrected chi connectivity index (χ2v) is 5.53. The Labute approximate surface area is 126 Å². The SMILES string of the molecule is CCC(C)(NC(=O)Cc1cc(OC)ccc1Br)C(=O)O. The first-order valence-corrected chi connectivity index (χ1v) is 6.98. The molecule has 0 aliphatic carbocycles. The number of carboxylic acid groups (broad SMARTS) is 1. The number of carboxylic acids is 1. The predicted octanol–water partition coefficient (Wildman–Crippen LogP) is 2.37. The maximum absolute atomic E-state index is 12.0. The molecule has 20 heavy (non-hydrogen) atoms. The second-order valence-electron chi connectivity index (χ2n) is 4.67. The van der Waals surface area contributed by atoms with Crippen molar-refractivity contribution < 1.29 is 19.4 Å². The third-order valence-corrected chi connectivity index (χ3v) is 3.97. The fourth-order valence-corrected chi connectivity index (χ4v) is 2.02. The first-order valence-electron chi connectivity index (χ1n) is 6.19. The number of ether oxygens (including phenoxy) is 1. The number of hydrogen-bond acceptors (Lipinski definition) is 3. The molecule has 5 nitrogen and oxygen atoms in total. The number of carbonyl (C=O) groups is 2. The van der Waals surface area contributed by atoms with Gasteiger partial charge in [0.15, 0.2) is 0 Å². The van der Waals surface area contributed by atoms with Gasteiger partial charge in [0, 0.05) is 4.47 Å². The molecular weight excluding hydrogens is 326 g/mol. The molecule has 0 aromatic heterocycles. The van der Waals surface area contributed by atoms with Crippen LogP contribution in [0, 0.1) is 0 Å². The highest BCUT2D eigenvalue weighted by molar-refractivity contribution is 9.10. The quantitative estimate of drug-likeness (QED) is 0.831. The van der Waals surface area contributed by atoms with Gasteiger partial charge in [0.25, 0.3) is 0 Å². The number of nitrogens with one attached hydrogen (secondary N) is 1. The Bertz CT molecular complexity index is 518. The summed E-state index contributed by atoms with van der Waals surface area (Å²) in [7, 11) is 1.55. The monoisotopic (exact) mass is 343 g/mol. The number of hydrogen-bond donors (Lipinski definition) is 2. The molecule has 0 spiro atoms. The molecule has 1 amide bonds. The van der Waals surface area contributed by atoms with Gasteiger partial charge in [-0.05, 0) is 37.1 Å². The Balaban J connectivity index is 2.83. The zero-order valence-electron chi connectivity index (χ0n) is 11.7. The van der Waals surface area contributed by atoms with Crippen LogP contribution in [0.2, 0.25) is 0 Å². The second kappa shape index (κ2) is 6.74. The third-order valence-electron chi connectivity index (χ3n) is 3.20. The fourth-order valence-electron chi connectivity index (χ4n) is 1.63. The van der Waals surface area contributed by atoms with Crippen molar-refractivity contribution in [3.05, 3.63) is 28.2 Å². The van der Waals surface area contributed by atoms with E-state index in [-0.39, 0.29) is 12.3 Å². The zero-order valence-corrected chi connectivity index (χ0v) is 13.3. The Hall–Kier alpha value is -1.56. The van der Waals surface area contributed by atoms with Crippen LogP contribution in [0.1, 0.15) is 25.8 Å². The van der Waals surface area contributed by atoms with Crippen molar-refractivity contribution in [2.75, 3.05) is 7.11 Å². The van der Waals surface area contributed by atoms with Crippen LogP contribution < -0.4 is 10.1 Å². The summed E-state index contributed by atoms with van der Waals surface area (Å²) in [5, 5.41) is 11.7. The van der Waals surface area contributed by atoms with Gasteiger partial charge < -0.3 is 15.2 Å². The summed E-state index contributed by atoms with van der Waals surface area (Å²) >= 11 is 3.36. The van der Waals surface area contributed by atoms with Crippen LogP contribution in [0.25, 0.3) is 0 Å². The molecule has 1 unspecified atom stereocenters. The smallest absolute Gasteiger partial charge is 0.329 e. The Morgan fingerprint density at radius 2 is 2.10 bits per heavy atom. The van der Waals surface area contributed by atoms with Crippen molar-refractivity contribution in [1.82, 2.24) is 5.32 Å². The predicted molar refractivity (Wildman–Crippen MR) is 78.9 cm³/mol. The highest BCUT2D eigenvalue weighted by atomic mass is 79.9. The van der Waals surface area contributed by atoms with Crippen LogP contribution in [0.4, 0.5) is 0 Å². The van der Waals surface area contributed by atoms with Crippen molar-refractivity contribution in [3.8, 4) is 5.75 Å². The van der Waals surface area contributed by atoms with Gasteiger partial charge in [-0.2, -0.15) is 0 Å². The minimum Gasteiger partial charge on any atom is -0.497 e. The van der Waals surface area contributed by atoms with Gasteiger partial charge in [0.05, 0.1) is 13.5 Å². The highest BCUT2D eigenvalue weighted by Gasteiger charge is 2.32. The van der Waals surface area contributed by atoms with Crippen LogP contribution in [0.5, 0.6) is 5.75 Å². The lowest BCUT2D eigenvalue weighted by atomic mass is 9.98. The molecule has 0 heterocycles. The third kappa shape index (κ3) is 3.96. The highest BCUT2D eigenvalue weighted by Crippen LogP contribution is 2.23. The van der Waals surface area contributed by atoms with Crippen molar-refractivity contribution in [2.45, 2.75) is 32.2 Å². The summed E-state index contributed by atoms with van der Waals surface area (Å²) in [5.41, 5.74) is -0.506. The number of carbonyl (C=O) groups excluding carboxylic acids is 1. The lowest BCUT2D eigenvalue weighted by molar-refractivity contribution is -0.146. The molecular formula is C14H18BrNO4. The number of benzene rings is 1. The minimum atomic E-state index is -1.25. The molecule has 1 aromatic carbocycles. The number of halogens is 1. The van der Waals surface area contributed by atoms with Crippen molar-refractivity contribution in [1.29, 1.82) is 0 Å². The van der Waals surface area contributed by atoms with E-state index in [0.29, 0.717) is 12.2 Å². The molecule has 0 radical (unpaired) electrons. The van der Waals surface area contributed by atoms with Gasteiger partial charge in [0.1, 0.15) is 11.3 Å². The number of amides is 1. The molecule has 0 saturated carbocycles. The van der Waals surface area contributed by atoms with Crippen molar-refractivity contribution in [2.24, 2.45) is 0 Å². The number of methoxy groups -OCH3 is 1. The molecule has 0 saturated heterocycles. The molecule has 1 atom stereocenters. The van der Waals surface area contributed by atoms with Crippen LogP contribution in [0.3, 0.4) is 0 Å². The lowest BCUT2D eigenvalue weighted by Gasteiger charge is -2.24. The molecule has 0 aliphatic rings. The normalized spacial score (nSPS) is 13.4. The number of rotatable bonds is 6. The Kier molecular flexibility index (Phi) is 5.56. The summed E-state index contributed by atoms with van der Waals surface area (Å²) in [4.78, 5) is 23.2. The maximum Gasteiger partial charge on any atom is 0.329 e. The molecule has 6 heteroatoms. The summed E-state index contributed by atoms with van der Waals surface area (Å²) in [5.74, 6) is -0.740. The minimum absolute atomic E-state index is 0.0840. The largest absolute Gasteiger partial charge is 0.497 e. The van der Waals surface area contributed by atoms with E-state index in [0.717, 1.165) is 10.0 Å². The molecule has 0 bridgehead atoms. The molecule has 0 aliphatic heterocycles. The van der Waals surface area contributed by atoms with Gasteiger partial charge in [-0.3, -0.25) is 4.79 Å².